The SMILES string of the molecule is COc1ccc(S(N)(=O)=O)cc1C(=O)N(C)Cc1cccc(F)c1. The van der Waals surface area contributed by atoms with Crippen molar-refractivity contribution in [3.63, 3.8) is 0 Å². The van der Waals surface area contributed by atoms with E-state index in [0.717, 1.165) is 0 Å². The fourth-order valence-corrected chi connectivity index (χ4v) is 2.76. The van der Waals surface area contributed by atoms with Crippen LogP contribution in [0.1, 0.15) is 15.9 Å². The number of nitrogens with zero attached hydrogens (tertiary/aromatic N) is 1. The van der Waals surface area contributed by atoms with Gasteiger partial charge in [-0.05, 0) is 35.9 Å². The minimum absolute atomic E-state index is 0.0583. The van der Waals surface area contributed by atoms with E-state index in [9.17, 15) is 17.6 Å². The molecule has 1 amide bonds. The lowest BCUT2D eigenvalue weighted by molar-refractivity contribution is 0.0781. The highest BCUT2D eigenvalue weighted by Gasteiger charge is 2.20. The van der Waals surface area contributed by atoms with Gasteiger partial charge in [-0.1, -0.05) is 12.1 Å². The molecule has 0 saturated carbocycles. The number of methoxy groups -OCH3 is 1. The number of halogens is 1. The van der Waals surface area contributed by atoms with Gasteiger partial charge in [-0.3, -0.25) is 4.79 Å². The summed E-state index contributed by atoms with van der Waals surface area (Å²) in [5, 5.41) is 5.10. The van der Waals surface area contributed by atoms with E-state index in [2.05, 4.69) is 0 Å². The predicted molar refractivity (Wildman–Crippen MR) is 86.6 cm³/mol. The predicted octanol–water partition coefficient (Wildman–Crippen LogP) is 1.75. The Hall–Kier alpha value is -2.45. The van der Waals surface area contributed by atoms with Gasteiger partial charge in [-0.2, -0.15) is 0 Å². The maximum absolute atomic E-state index is 13.2. The number of benzene rings is 2. The van der Waals surface area contributed by atoms with Gasteiger partial charge in [0, 0.05) is 13.6 Å². The Labute approximate surface area is 139 Å². The van der Waals surface area contributed by atoms with E-state index in [-0.39, 0.29) is 22.8 Å². The number of sulfonamides is 1. The summed E-state index contributed by atoms with van der Waals surface area (Å²) < 4.78 is 41.3. The molecule has 0 heterocycles. The Kier molecular flexibility index (Phi) is 5.20. The van der Waals surface area contributed by atoms with Crippen molar-refractivity contribution in [2.45, 2.75) is 11.4 Å². The topological polar surface area (TPSA) is 89.7 Å². The zero-order chi connectivity index (χ0) is 17.9. The molecule has 6 nitrogen and oxygen atoms in total. The maximum Gasteiger partial charge on any atom is 0.257 e. The van der Waals surface area contributed by atoms with Crippen LogP contribution in [-0.4, -0.2) is 33.4 Å². The second-order valence-corrected chi connectivity index (χ2v) is 6.76. The lowest BCUT2D eigenvalue weighted by Gasteiger charge is -2.19. The Morgan fingerprint density at radius 2 is 1.96 bits per heavy atom. The molecule has 0 radical (unpaired) electrons. The Bertz CT molecular complexity index is 868. The first-order valence-corrected chi connectivity index (χ1v) is 8.47. The molecule has 128 valence electrons. The van der Waals surface area contributed by atoms with Crippen LogP contribution in [0, 0.1) is 5.82 Å². The molecule has 2 aromatic rings. The van der Waals surface area contributed by atoms with Crippen LogP contribution in [0.25, 0.3) is 0 Å². The lowest BCUT2D eigenvalue weighted by atomic mass is 10.1. The Morgan fingerprint density at radius 1 is 1.25 bits per heavy atom. The van der Waals surface area contributed by atoms with Gasteiger partial charge in [0.25, 0.3) is 5.91 Å². The molecule has 2 rings (SSSR count). The second-order valence-electron chi connectivity index (χ2n) is 5.20. The van der Waals surface area contributed by atoms with E-state index in [1.807, 2.05) is 0 Å². The summed E-state index contributed by atoms with van der Waals surface area (Å²) in [6.45, 7) is 0.152. The van der Waals surface area contributed by atoms with Crippen molar-refractivity contribution in [3.8, 4) is 5.75 Å². The normalized spacial score (nSPS) is 11.2. The summed E-state index contributed by atoms with van der Waals surface area (Å²) in [6, 6.07) is 9.65. The molecule has 0 aliphatic heterocycles. The summed E-state index contributed by atoms with van der Waals surface area (Å²) >= 11 is 0. The third-order valence-corrected chi connectivity index (χ3v) is 4.30. The van der Waals surface area contributed by atoms with E-state index in [0.29, 0.717) is 5.56 Å². The van der Waals surface area contributed by atoms with Crippen LogP contribution in [-0.2, 0) is 16.6 Å². The molecule has 0 spiro atoms. The third kappa shape index (κ3) is 4.09. The van der Waals surface area contributed by atoms with Gasteiger partial charge in [0.1, 0.15) is 11.6 Å². The first-order valence-electron chi connectivity index (χ1n) is 6.93. The van der Waals surface area contributed by atoms with Gasteiger partial charge < -0.3 is 9.64 Å². The van der Waals surface area contributed by atoms with Gasteiger partial charge in [-0.15, -0.1) is 0 Å². The molecule has 0 atom stereocenters. The zero-order valence-electron chi connectivity index (χ0n) is 13.2. The van der Waals surface area contributed by atoms with Gasteiger partial charge in [0.05, 0.1) is 17.6 Å². The quantitative estimate of drug-likeness (QED) is 0.888. The van der Waals surface area contributed by atoms with Crippen molar-refractivity contribution >= 4 is 15.9 Å². The number of nitrogens with two attached hydrogens (primary N) is 1. The standard InChI is InChI=1S/C16H17FN2O4S/c1-19(10-11-4-3-5-12(17)8-11)16(20)14-9-13(24(18,21)22)6-7-15(14)23-2/h3-9H,10H2,1-2H3,(H2,18,21,22). The minimum Gasteiger partial charge on any atom is -0.496 e. The molecule has 0 saturated heterocycles. The molecule has 0 aliphatic rings. The lowest BCUT2D eigenvalue weighted by Crippen LogP contribution is -2.27. The highest BCUT2D eigenvalue weighted by atomic mass is 32.2. The molecule has 2 N–H and O–H groups in total. The number of primary sulfonamides is 1. The van der Waals surface area contributed by atoms with Crippen LogP contribution >= 0.6 is 0 Å². The Morgan fingerprint density at radius 3 is 2.54 bits per heavy atom. The summed E-state index contributed by atoms with van der Waals surface area (Å²) in [6.07, 6.45) is 0. The molecule has 0 unspecified atom stereocenters. The van der Waals surface area contributed by atoms with Crippen LogP contribution in [0.5, 0.6) is 5.75 Å². The van der Waals surface area contributed by atoms with Crippen LogP contribution in [0.2, 0.25) is 0 Å². The fraction of sp³-hybridized carbons (Fsp3) is 0.188. The molecule has 0 bridgehead atoms. The van der Waals surface area contributed by atoms with Crippen molar-refractivity contribution in [3.05, 3.63) is 59.4 Å². The van der Waals surface area contributed by atoms with E-state index < -0.39 is 21.7 Å². The van der Waals surface area contributed by atoms with Crippen molar-refractivity contribution in [2.24, 2.45) is 5.14 Å². The van der Waals surface area contributed by atoms with Crippen molar-refractivity contribution in [1.29, 1.82) is 0 Å². The van der Waals surface area contributed by atoms with Crippen LogP contribution in [0.4, 0.5) is 4.39 Å². The van der Waals surface area contributed by atoms with Crippen molar-refractivity contribution in [2.75, 3.05) is 14.2 Å². The molecular weight excluding hydrogens is 335 g/mol. The Balaban J connectivity index is 2.33. The van der Waals surface area contributed by atoms with E-state index in [4.69, 9.17) is 9.88 Å². The highest BCUT2D eigenvalue weighted by Crippen LogP contribution is 2.23. The van der Waals surface area contributed by atoms with Crippen LogP contribution in [0.3, 0.4) is 0 Å². The number of carbonyl (C=O) groups is 1. The first kappa shape index (κ1) is 17.9. The summed E-state index contributed by atoms with van der Waals surface area (Å²) in [5.41, 5.74) is 0.662. The van der Waals surface area contributed by atoms with E-state index in [1.54, 1.807) is 12.1 Å². The summed E-state index contributed by atoms with van der Waals surface area (Å²) in [7, 11) is -1.06. The molecule has 0 aliphatic carbocycles. The van der Waals surface area contributed by atoms with Crippen molar-refractivity contribution in [1.82, 2.24) is 4.90 Å². The molecule has 2 aromatic carbocycles. The number of carbonyl (C=O) groups excluding carboxylic acids is 1. The largest absolute Gasteiger partial charge is 0.496 e. The van der Waals surface area contributed by atoms with Gasteiger partial charge >= 0.3 is 0 Å². The molecule has 24 heavy (non-hydrogen) atoms. The van der Waals surface area contributed by atoms with Gasteiger partial charge in [-0.25, -0.2) is 17.9 Å². The van der Waals surface area contributed by atoms with Crippen LogP contribution in [0.15, 0.2) is 47.4 Å². The number of hydrogen-bond acceptors (Lipinski definition) is 4. The number of ether oxygens (including phenoxy) is 1. The molecular formula is C16H17FN2O4S. The smallest absolute Gasteiger partial charge is 0.257 e. The zero-order valence-corrected chi connectivity index (χ0v) is 14.0. The fourth-order valence-electron chi connectivity index (χ4n) is 2.22. The van der Waals surface area contributed by atoms with E-state index >= 15 is 0 Å². The molecule has 0 fully saturated rings. The molecule has 8 heteroatoms. The monoisotopic (exact) mass is 352 g/mol. The maximum atomic E-state index is 13.2. The van der Waals surface area contributed by atoms with Crippen molar-refractivity contribution < 1.29 is 22.3 Å². The third-order valence-electron chi connectivity index (χ3n) is 3.39. The second kappa shape index (κ2) is 6.98. The summed E-state index contributed by atoms with van der Waals surface area (Å²) in [4.78, 5) is 13.8. The first-order chi connectivity index (χ1) is 11.2. The van der Waals surface area contributed by atoms with E-state index in [1.165, 1.54) is 49.4 Å². The number of rotatable bonds is 5. The number of hydrogen-bond donors (Lipinski definition) is 1. The molecule has 0 aromatic heterocycles. The minimum atomic E-state index is -3.95. The van der Waals surface area contributed by atoms with Crippen LogP contribution < -0.4 is 9.88 Å². The average Bonchev–Trinajstić information content (AvgIpc) is 2.52. The van der Waals surface area contributed by atoms with Gasteiger partial charge in [0.2, 0.25) is 10.0 Å². The summed E-state index contributed by atoms with van der Waals surface area (Å²) in [5.74, 6) is -0.651. The highest BCUT2D eigenvalue weighted by molar-refractivity contribution is 7.89. The number of amides is 1. The van der Waals surface area contributed by atoms with Gasteiger partial charge in [0.15, 0.2) is 0 Å². The average molecular weight is 352 g/mol.